The highest BCUT2D eigenvalue weighted by Gasteiger charge is 2.20. The van der Waals surface area contributed by atoms with Gasteiger partial charge in [-0.25, -0.2) is 9.97 Å². The molecule has 0 aliphatic carbocycles. The van der Waals surface area contributed by atoms with Gasteiger partial charge in [0.15, 0.2) is 5.65 Å². The molecule has 0 aromatic carbocycles. The molecule has 2 aliphatic rings. The average Bonchev–Trinajstić information content (AvgIpc) is 3.21. The summed E-state index contributed by atoms with van der Waals surface area (Å²) in [5.74, 6) is 1.91. The number of hydrogen-bond donors (Lipinski definition) is 0. The number of hydrogen-bond acceptors (Lipinski definition) is 4. The molecule has 2 aliphatic heterocycles. The molecule has 0 saturated carbocycles. The molecule has 0 N–H and O–H groups in total. The smallest absolute Gasteiger partial charge is 0.160 e. The van der Waals surface area contributed by atoms with Crippen molar-refractivity contribution < 1.29 is 4.74 Å². The molecule has 2 saturated heterocycles. The quantitative estimate of drug-likeness (QED) is 0.850. The summed E-state index contributed by atoms with van der Waals surface area (Å²) in [6, 6.07) is 4.07. The Morgan fingerprint density at radius 3 is 2.78 bits per heavy atom. The van der Waals surface area contributed by atoms with Crippen molar-refractivity contribution in [3.8, 4) is 0 Å². The average molecular weight is 314 g/mol. The first-order valence-electron chi connectivity index (χ1n) is 9.00. The lowest BCUT2D eigenvalue weighted by Crippen LogP contribution is -2.25. The van der Waals surface area contributed by atoms with Crippen molar-refractivity contribution in [3.63, 3.8) is 0 Å². The first-order valence-corrected chi connectivity index (χ1v) is 9.00. The molecule has 23 heavy (non-hydrogen) atoms. The predicted octanol–water partition coefficient (Wildman–Crippen LogP) is 2.50. The standard InChI is InChI=1S/C18H26N4O/c1-2-9-21(8-1)10-11-22-17(14-15-5-12-23-13-6-15)20-16-4-3-7-19-18(16)22/h3-4,7,15H,1-2,5-6,8-14H2. The lowest BCUT2D eigenvalue weighted by atomic mass is 9.96. The van der Waals surface area contributed by atoms with Crippen LogP contribution in [0.1, 0.15) is 31.5 Å². The van der Waals surface area contributed by atoms with Crippen LogP contribution in [0.5, 0.6) is 0 Å². The van der Waals surface area contributed by atoms with Crippen LogP contribution in [0.15, 0.2) is 18.3 Å². The van der Waals surface area contributed by atoms with Crippen molar-refractivity contribution in [2.24, 2.45) is 5.92 Å². The molecule has 2 aromatic heterocycles. The monoisotopic (exact) mass is 314 g/mol. The first kappa shape index (κ1) is 15.1. The molecule has 4 rings (SSSR count). The summed E-state index contributed by atoms with van der Waals surface area (Å²) < 4.78 is 7.86. The molecule has 124 valence electrons. The third-order valence-corrected chi connectivity index (χ3v) is 5.23. The number of fused-ring (bicyclic) bond motifs is 1. The molecule has 5 heteroatoms. The molecule has 5 nitrogen and oxygen atoms in total. The van der Waals surface area contributed by atoms with Crippen molar-refractivity contribution in [1.82, 2.24) is 19.4 Å². The molecule has 4 heterocycles. The number of rotatable bonds is 5. The Kier molecular flexibility index (Phi) is 4.57. The molecule has 0 atom stereocenters. The predicted molar refractivity (Wildman–Crippen MR) is 90.4 cm³/mol. The van der Waals surface area contributed by atoms with Gasteiger partial charge >= 0.3 is 0 Å². The van der Waals surface area contributed by atoms with E-state index >= 15 is 0 Å². The van der Waals surface area contributed by atoms with E-state index in [9.17, 15) is 0 Å². The van der Waals surface area contributed by atoms with Crippen LogP contribution in [0.2, 0.25) is 0 Å². The second-order valence-corrected chi connectivity index (χ2v) is 6.83. The van der Waals surface area contributed by atoms with Gasteiger partial charge in [0.2, 0.25) is 0 Å². The third-order valence-electron chi connectivity index (χ3n) is 5.23. The summed E-state index contributed by atoms with van der Waals surface area (Å²) in [4.78, 5) is 12.1. The van der Waals surface area contributed by atoms with Crippen molar-refractivity contribution >= 4 is 11.2 Å². The van der Waals surface area contributed by atoms with Gasteiger partial charge in [0.1, 0.15) is 11.3 Å². The molecule has 2 aromatic rings. The number of pyridine rings is 1. The molecule has 0 bridgehead atoms. The Balaban J connectivity index is 1.55. The number of aromatic nitrogens is 3. The highest BCUT2D eigenvalue weighted by Crippen LogP contribution is 2.22. The van der Waals surface area contributed by atoms with E-state index in [0.29, 0.717) is 5.92 Å². The van der Waals surface area contributed by atoms with E-state index in [1.54, 1.807) is 0 Å². The SMILES string of the molecule is c1cnc2c(c1)nc(CC1CCOCC1)n2CCN1CCCC1. The maximum Gasteiger partial charge on any atom is 0.160 e. The van der Waals surface area contributed by atoms with Gasteiger partial charge in [-0.15, -0.1) is 0 Å². The molecule has 0 amide bonds. The van der Waals surface area contributed by atoms with Gasteiger partial charge in [-0.2, -0.15) is 0 Å². The van der Waals surface area contributed by atoms with Crippen LogP contribution in [0.3, 0.4) is 0 Å². The van der Waals surface area contributed by atoms with Crippen LogP contribution in [0.25, 0.3) is 11.2 Å². The second kappa shape index (κ2) is 6.97. The van der Waals surface area contributed by atoms with Crippen molar-refractivity contribution in [1.29, 1.82) is 0 Å². The number of nitrogens with zero attached hydrogens (tertiary/aromatic N) is 4. The summed E-state index contributed by atoms with van der Waals surface area (Å²) in [5.41, 5.74) is 2.09. The second-order valence-electron chi connectivity index (χ2n) is 6.83. The normalized spacial score (nSPS) is 20.5. The molecular weight excluding hydrogens is 288 g/mol. The van der Waals surface area contributed by atoms with E-state index in [2.05, 4.69) is 20.5 Å². The molecule has 0 unspecified atom stereocenters. The fourth-order valence-electron chi connectivity index (χ4n) is 3.85. The lowest BCUT2D eigenvalue weighted by Gasteiger charge is -2.22. The van der Waals surface area contributed by atoms with Gasteiger partial charge in [0.25, 0.3) is 0 Å². The first-order chi connectivity index (χ1) is 11.4. The summed E-state index contributed by atoms with van der Waals surface area (Å²) in [5, 5.41) is 0. The number of ether oxygens (including phenoxy) is 1. The van der Waals surface area contributed by atoms with E-state index in [0.717, 1.165) is 56.7 Å². The van der Waals surface area contributed by atoms with E-state index < -0.39 is 0 Å². The summed E-state index contributed by atoms with van der Waals surface area (Å²) in [6.45, 7) is 6.41. The Morgan fingerprint density at radius 2 is 1.96 bits per heavy atom. The fourth-order valence-corrected chi connectivity index (χ4v) is 3.85. The zero-order chi connectivity index (χ0) is 15.5. The minimum atomic E-state index is 0.700. The zero-order valence-corrected chi connectivity index (χ0v) is 13.8. The molecule has 2 fully saturated rings. The topological polar surface area (TPSA) is 43.2 Å². The lowest BCUT2D eigenvalue weighted by molar-refractivity contribution is 0.0657. The van der Waals surface area contributed by atoms with Crippen molar-refractivity contribution in [2.45, 2.75) is 38.6 Å². The maximum absolute atomic E-state index is 5.50. The molecule has 0 spiro atoms. The van der Waals surface area contributed by atoms with Crippen LogP contribution in [0.4, 0.5) is 0 Å². The molecule has 0 radical (unpaired) electrons. The van der Waals surface area contributed by atoms with Crippen LogP contribution in [0, 0.1) is 5.92 Å². The Morgan fingerprint density at radius 1 is 1.13 bits per heavy atom. The van der Waals surface area contributed by atoms with E-state index in [-0.39, 0.29) is 0 Å². The number of likely N-dealkylation sites (tertiary alicyclic amines) is 1. The van der Waals surface area contributed by atoms with Gasteiger partial charge in [0, 0.05) is 38.9 Å². The van der Waals surface area contributed by atoms with Crippen LogP contribution in [-0.2, 0) is 17.7 Å². The summed E-state index contributed by atoms with van der Waals surface area (Å²) in [7, 11) is 0. The number of imidazole rings is 1. The third kappa shape index (κ3) is 3.40. The highest BCUT2D eigenvalue weighted by atomic mass is 16.5. The van der Waals surface area contributed by atoms with Crippen molar-refractivity contribution in [3.05, 3.63) is 24.2 Å². The summed E-state index contributed by atoms with van der Waals surface area (Å²) in [6.07, 6.45) is 7.94. The highest BCUT2D eigenvalue weighted by molar-refractivity contribution is 5.71. The van der Waals surface area contributed by atoms with Gasteiger partial charge in [-0.3, -0.25) is 0 Å². The van der Waals surface area contributed by atoms with Crippen LogP contribution >= 0.6 is 0 Å². The molecular formula is C18H26N4O. The van der Waals surface area contributed by atoms with E-state index in [1.807, 2.05) is 12.3 Å². The minimum Gasteiger partial charge on any atom is -0.381 e. The van der Waals surface area contributed by atoms with Gasteiger partial charge in [-0.1, -0.05) is 0 Å². The van der Waals surface area contributed by atoms with E-state index in [4.69, 9.17) is 9.72 Å². The fraction of sp³-hybridized carbons (Fsp3) is 0.667. The van der Waals surface area contributed by atoms with Crippen LogP contribution in [-0.4, -0.2) is 52.3 Å². The minimum absolute atomic E-state index is 0.700. The van der Waals surface area contributed by atoms with Gasteiger partial charge in [0.05, 0.1) is 0 Å². The Hall–Kier alpha value is -1.46. The maximum atomic E-state index is 5.50. The van der Waals surface area contributed by atoms with Crippen LogP contribution < -0.4 is 0 Å². The summed E-state index contributed by atoms with van der Waals surface area (Å²) >= 11 is 0. The Bertz CT molecular complexity index is 642. The van der Waals surface area contributed by atoms with E-state index in [1.165, 1.54) is 31.8 Å². The Labute approximate surface area is 137 Å². The van der Waals surface area contributed by atoms with Gasteiger partial charge in [-0.05, 0) is 56.8 Å². The van der Waals surface area contributed by atoms with Gasteiger partial charge < -0.3 is 14.2 Å². The largest absolute Gasteiger partial charge is 0.381 e. The zero-order valence-electron chi connectivity index (χ0n) is 13.8. The van der Waals surface area contributed by atoms with Crippen molar-refractivity contribution in [2.75, 3.05) is 32.8 Å².